The van der Waals surface area contributed by atoms with Crippen LogP contribution in [0.4, 0.5) is 4.79 Å². The summed E-state index contributed by atoms with van der Waals surface area (Å²) in [6, 6.07) is 15.9. The van der Waals surface area contributed by atoms with Crippen molar-refractivity contribution in [3.63, 3.8) is 0 Å². The standard InChI is InChI=1S/C25H28N2O4/c1-17-22(24(28)30-16-18-9-4-2-5-10-18)23(27-25(29)26-17)19-11-8-14-21(15-19)31-20-12-6-3-7-13-20/h3,6-8,11-15,18,23H,2,4-5,9-10,16H2,1H3,(H2,26,27,29)/t23-/m1/s1. The van der Waals surface area contributed by atoms with Gasteiger partial charge in [-0.2, -0.15) is 0 Å². The maximum Gasteiger partial charge on any atom is 0.338 e. The molecule has 1 aliphatic heterocycles. The third-order valence-corrected chi connectivity index (χ3v) is 5.83. The van der Waals surface area contributed by atoms with Gasteiger partial charge in [0.1, 0.15) is 11.5 Å². The van der Waals surface area contributed by atoms with Crippen molar-refractivity contribution in [2.24, 2.45) is 5.92 Å². The van der Waals surface area contributed by atoms with Gasteiger partial charge in [0.05, 0.1) is 18.2 Å². The van der Waals surface area contributed by atoms with E-state index in [2.05, 4.69) is 10.6 Å². The summed E-state index contributed by atoms with van der Waals surface area (Å²) in [7, 11) is 0. The molecule has 2 aromatic rings. The fourth-order valence-corrected chi connectivity index (χ4v) is 4.22. The van der Waals surface area contributed by atoms with Gasteiger partial charge in [-0.1, -0.05) is 49.6 Å². The van der Waals surface area contributed by atoms with Gasteiger partial charge in [0.25, 0.3) is 0 Å². The first-order valence-corrected chi connectivity index (χ1v) is 10.9. The zero-order valence-corrected chi connectivity index (χ0v) is 17.7. The van der Waals surface area contributed by atoms with Gasteiger partial charge in [0.2, 0.25) is 0 Å². The normalized spacial score (nSPS) is 19.4. The minimum Gasteiger partial charge on any atom is -0.462 e. The number of para-hydroxylation sites is 1. The monoisotopic (exact) mass is 420 g/mol. The summed E-state index contributed by atoms with van der Waals surface area (Å²) in [4.78, 5) is 25.2. The number of ether oxygens (including phenoxy) is 2. The summed E-state index contributed by atoms with van der Waals surface area (Å²) in [5, 5.41) is 5.56. The second kappa shape index (κ2) is 9.69. The molecule has 0 unspecified atom stereocenters. The molecule has 1 saturated carbocycles. The molecule has 2 aliphatic rings. The predicted molar refractivity (Wildman–Crippen MR) is 118 cm³/mol. The van der Waals surface area contributed by atoms with E-state index in [1.807, 2.05) is 54.6 Å². The first-order valence-electron chi connectivity index (χ1n) is 10.9. The smallest absolute Gasteiger partial charge is 0.338 e. The van der Waals surface area contributed by atoms with Crippen molar-refractivity contribution in [2.45, 2.75) is 45.1 Å². The molecular formula is C25H28N2O4. The molecule has 6 heteroatoms. The Morgan fingerprint density at radius 2 is 1.74 bits per heavy atom. The van der Waals surface area contributed by atoms with Crippen LogP contribution in [0.3, 0.4) is 0 Å². The van der Waals surface area contributed by atoms with Crippen LogP contribution in [0.2, 0.25) is 0 Å². The molecule has 1 heterocycles. The lowest BCUT2D eigenvalue weighted by Crippen LogP contribution is -2.45. The van der Waals surface area contributed by atoms with Crippen molar-refractivity contribution in [1.29, 1.82) is 0 Å². The average Bonchev–Trinajstić information content (AvgIpc) is 2.78. The van der Waals surface area contributed by atoms with Crippen molar-refractivity contribution in [2.75, 3.05) is 6.61 Å². The topological polar surface area (TPSA) is 76.7 Å². The summed E-state index contributed by atoms with van der Waals surface area (Å²) in [5.41, 5.74) is 1.69. The molecule has 31 heavy (non-hydrogen) atoms. The van der Waals surface area contributed by atoms with E-state index in [-0.39, 0.29) is 6.03 Å². The fourth-order valence-electron chi connectivity index (χ4n) is 4.22. The number of amides is 2. The first-order chi connectivity index (χ1) is 15.1. The van der Waals surface area contributed by atoms with Gasteiger partial charge in [0, 0.05) is 5.70 Å². The van der Waals surface area contributed by atoms with Crippen LogP contribution in [0.5, 0.6) is 11.5 Å². The number of hydrogen-bond donors (Lipinski definition) is 2. The van der Waals surface area contributed by atoms with E-state index in [9.17, 15) is 9.59 Å². The average molecular weight is 421 g/mol. The Balaban J connectivity index is 1.53. The van der Waals surface area contributed by atoms with E-state index in [1.165, 1.54) is 19.3 Å². The van der Waals surface area contributed by atoms with Crippen LogP contribution in [0.15, 0.2) is 65.9 Å². The lowest BCUT2D eigenvalue weighted by molar-refractivity contribution is -0.141. The molecule has 1 fully saturated rings. The molecule has 0 spiro atoms. The van der Waals surface area contributed by atoms with Gasteiger partial charge in [0.15, 0.2) is 0 Å². The zero-order chi connectivity index (χ0) is 21.6. The van der Waals surface area contributed by atoms with E-state index >= 15 is 0 Å². The molecule has 2 N–H and O–H groups in total. The van der Waals surface area contributed by atoms with Crippen LogP contribution in [0, 0.1) is 5.92 Å². The highest BCUT2D eigenvalue weighted by atomic mass is 16.5. The maximum atomic E-state index is 13.0. The van der Waals surface area contributed by atoms with E-state index in [0.29, 0.717) is 35.3 Å². The molecule has 4 rings (SSSR count). The third-order valence-electron chi connectivity index (χ3n) is 5.83. The second-order valence-corrected chi connectivity index (χ2v) is 8.16. The van der Waals surface area contributed by atoms with Crippen LogP contribution in [0.25, 0.3) is 0 Å². The molecule has 0 saturated heterocycles. The van der Waals surface area contributed by atoms with Gasteiger partial charge in [-0.3, -0.25) is 0 Å². The lowest BCUT2D eigenvalue weighted by Gasteiger charge is -2.29. The maximum absolute atomic E-state index is 13.0. The minimum atomic E-state index is -0.605. The van der Waals surface area contributed by atoms with Crippen LogP contribution >= 0.6 is 0 Å². The molecule has 2 aromatic carbocycles. The Morgan fingerprint density at radius 1 is 1.00 bits per heavy atom. The highest BCUT2D eigenvalue weighted by molar-refractivity contribution is 5.95. The molecule has 0 aromatic heterocycles. The summed E-state index contributed by atoms with van der Waals surface area (Å²) in [5.74, 6) is 1.37. The van der Waals surface area contributed by atoms with Crippen molar-refractivity contribution in [3.8, 4) is 11.5 Å². The Bertz CT molecular complexity index is 964. The number of carbonyl (C=O) groups excluding carboxylic acids is 2. The predicted octanol–water partition coefficient (Wildman–Crippen LogP) is 5.23. The SMILES string of the molecule is CC1=C(C(=O)OCC2CCCCC2)[C@@H](c2cccc(Oc3ccccc3)c2)NC(=O)N1. The van der Waals surface area contributed by atoms with Crippen molar-refractivity contribution in [1.82, 2.24) is 10.6 Å². The lowest BCUT2D eigenvalue weighted by atomic mass is 9.90. The Morgan fingerprint density at radius 3 is 2.52 bits per heavy atom. The summed E-state index contributed by atoms with van der Waals surface area (Å²) in [6.45, 7) is 2.15. The molecule has 1 aliphatic carbocycles. The number of allylic oxidation sites excluding steroid dienone is 1. The number of esters is 1. The van der Waals surface area contributed by atoms with E-state index in [1.54, 1.807) is 6.92 Å². The number of hydrogen-bond acceptors (Lipinski definition) is 4. The highest BCUT2D eigenvalue weighted by Gasteiger charge is 2.33. The summed E-state index contributed by atoms with van der Waals surface area (Å²) < 4.78 is 11.6. The van der Waals surface area contributed by atoms with E-state index in [0.717, 1.165) is 18.4 Å². The minimum absolute atomic E-state index is 0.347. The second-order valence-electron chi connectivity index (χ2n) is 8.16. The molecule has 0 radical (unpaired) electrons. The molecule has 0 bridgehead atoms. The Kier molecular flexibility index (Phi) is 6.55. The quantitative estimate of drug-likeness (QED) is 0.628. The van der Waals surface area contributed by atoms with Gasteiger partial charge < -0.3 is 20.1 Å². The fraction of sp³-hybridized carbons (Fsp3) is 0.360. The number of carbonyl (C=O) groups is 2. The van der Waals surface area contributed by atoms with Crippen LogP contribution in [-0.2, 0) is 9.53 Å². The molecular weight excluding hydrogens is 392 g/mol. The number of nitrogens with one attached hydrogen (secondary N) is 2. The Hall–Kier alpha value is -3.28. The van der Waals surface area contributed by atoms with Crippen LogP contribution < -0.4 is 15.4 Å². The third kappa shape index (κ3) is 5.26. The van der Waals surface area contributed by atoms with Gasteiger partial charge in [-0.15, -0.1) is 0 Å². The molecule has 6 nitrogen and oxygen atoms in total. The van der Waals surface area contributed by atoms with Crippen molar-refractivity contribution < 1.29 is 19.1 Å². The Labute approximate surface area is 182 Å². The first kappa shape index (κ1) is 21.0. The van der Waals surface area contributed by atoms with E-state index in [4.69, 9.17) is 9.47 Å². The molecule has 1 atom stereocenters. The molecule has 2 amide bonds. The number of benzene rings is 2. The van der Waals surface area contributed by atoms with Crippen molar-refractivity contribution in [3.05, 3.63) is 71.4 Å². The zero-order valence-electron chi connectivity index (χ0n) is 17.7. The summed E-state index contributed by atoms with van der Waals surface area (Å²) >= 11 is 0. The van der Waals surface area contributed by atoms with Gasteiger partial charge in [-0.05, 0) is 55.5 Å². The highest BCUT2D eigenvalue weighted by Crippen LogP contribution is 2.32. The van der Waals surface area contributed by atoms with Crippen LogP contribution in [-0.4, -0.2) is 18.6 Å². The van der Waals surface area contributed by atoms with Gasteiger partial charge >= 0.3 is 12.0 Å². The van der Waals surface area contributed by atoms with Crippen LogP contribution in [0.1, 0.15) is 50.6 Å². The summed E-state index contributed by atoms with van der Waals surface area (Å²) in [6.07, 6.45) is 5.84. The van der Waals surface area contributed by atoms with E-state index < -0.39 is 12.0 Å². The van der Waals surface area contributed by atoms with Gasteiger partial charge in [-0.25, -0.2) is 9.59 Å². The number of urea groups is 1. The largest absolute Gasteiger partial charge is 0.462 e. The van der Waals surface area contributed by atoms with Crippen molar-refractivity contribution >= 4 is 12.0 Å². The molecule has 162 valence electrons. The number of rotatable bonds is 6.